The summed E-state index contributed by atoms with van der Waals surface area (Å²) >= 11 is 0. The van der Waals surface area contributed by atoms with E-state index in [1.165, 1.54) is 11.1 Å². The molecule has 0 radical (unpaired) electrons. The van der Waals surface area contributed by atoms with Crippen molar-refractivity contribution >= 4 is 34.7 Å². The normalized spacial score (nSPS) is 20.1. The van der Waals surface area contributed by atoms with Gasteiger partial charge >= 0.3 is 12.1 Å². The van der Waals surface area contributed by atoms with Crippen molar-refractivity contribution in [2.24, 2.45) is 11.8 Å². The first-order valence-corrected chi connectivity index (χ1v) is 14.8. The molecule has 4 atom stereocenters. The molecule has 1 fully saturated rings. The smallest absolute Gasteiger partial charge is 0.475 e. The van der Waals surface area contributed by atoms with Crippen molar-refractivity contribution in [3.05, 3.63) is 65.5 Å². The molecular formula is C32H38F3N5O5. The lowest BCUT2D eigenvalue weighted by atomic mass is 9.85. The average molecular weight is 630 g/mol. The minimum Gasteiger partial charge on any atom is -0.475 e. The van der Waals surface area contributed by atoms with Crippen LogP contribution in [0.4, 0.5) is 13.2 Å². The number of piperazine rings is 1. The number of halogens is 3. The molecule has 242 valence electrons. The highest BCUT2D eigenvalue weighted by Crippen LogP contribution is 2.36. The minimum absolute atomic E-state index is 0.0642. The molecule has 10 nitrogen and oxygen atoms in total. The molecular weight excluding hydrogens is 591 g/mol. The van der Waals surface area contributed by atoms with Crippen molar-refractivity contribution in [3.63, 3.8) is 0 Å². The van der Waals surface area contributed by atoms with Crippen LogP contribution in [0, 0.1) is 11.8 Å². The van der Waals surface area contributed by atoms with Gasteiger partial charge in [0.2, 0.25) is 17.7 Å². The lowest BCUT2D eigenvalue weighted by Gasteiger charge is -2.46. The number of aliphatic carboxylic acids is 1. The van der Waals surface area contributed by atoms with Crippen LogP contribution in [-0.2, 0) is 32.0 Å². The van der Waals surface area contributed by atoms with Crippen molar-refractivity contribution in [3.8, 4) is 0 Å². The first-order chi connectivity index (χ1) is 21.0. The van der Waals surface area contributed by atoms with Gasteiger partial charge in [-0.2, -0.15) is 13.2 Å². The number of fused-ring (bicyclic) bond motifs is 2. The van der Waals surface area contributed by atoms with E-state index in [0.717, 1.165) is 11.0 Å². The second-order valence-electron chi connectivity index (χ2n) is 12.6. The van der Waals surface area contributed by atoms with E-state index in [9.17, 15) is 27.6 Å². The van der Waals surface area contributed by atoms with Crippen molar-refractivity contribution in [1.82, 2.24) is 25.5 Å². The van der Waals surface area contributed by atoms with Crippen molar-refractivity contribution in [1.29, 1.82) is 0 Å². The second kappa shape index (κ2) is 12.9. The van der Waals surface area contributed by atoms with Gasteiger partial charge in [-0.15, -0.1) is 0 Å². The number of H-pyrrole nitrogens is 1. The zero-order valence-electron chi connectivity index (χ0n) is 25.7. The van der Waals surface area contributed by atoms with Gasteiger partial charge in [0.15, 0.2) is 0 Å². The maximum atomic E-state index is 14.4. The summed E-state index contributed by atoms with van der Waals surface area (Å²) < 4.78 is 31.7. The summed E-state index contributed by atoms with van der Waals surface area (Å²) in [4.78, 5) is 60.1. The van der Waals surface area contributed by atoms with Crippen LogP contribution in [0.1, 0.15) is 63.8 Å². The molecule has 4 N–H and O–H groups in total. The van der Waals surface area contributed by atoms with Crippen LogP contribution in [0.2, 0.25) is 0 Å². The number of carbonyl (C=O) groups excluding carboxylic acids is 3. The Morgan fingerprint density at radius 3 is 2.22 bits per heavy atom. The number of carboxylic acids is 1. The summed E-state index contributed by atoms with van der Waals surface area (Å²) in [6.07, 6.45) is -1.36. The Bertz CT molecular complexity index is 1560. The number of hydrogen-bond donors (Lipinski definition) is 4. The van der Waals surface area contributed by atoms with Crippen LogP contribution >= 0.6 is 0 Å². The molecule has 2 aromatic carbocycles. The Morgan fingerprint density at radius 1 is 1.09 bits per heavy atom. The van der Waals surface area contributed by atoms with E-state index in [-0.39, 0.29) is 29.6 Å². The molecule has 1 aliphatic heterocycles. The van der Waals surface area contributed by atoms with Gasteiger partial charge in [-0.05, 0) is 74.3 Å². The number of benzene rings is 2. The summed E-state index contributed by atoms with van der Waals surface area (Å²) in [6, 6.07) is 11.3. The van der Waals surface area contributed by atoms with Gasteiger partial charge < -0.3 is 25.6 Å². The number of hydrogen-bond acceptors (Lipinski definition) is 5. The monoisotopic (exact) mass is 629 g/mol. The van der Waals surface area contributed by atoms with Crippen LogP contribution in [0.5, 0.6) is 0 Å². The molecule has 1 aliphatic carbocycles. The van der Waals surface area contributed by atoms with E-state index < -0.39 is 35.8 Å². The first-order valence-electron chi connectivity index (χ1n) is 14.8. The Hall–Kier alpha value is -4.42. The summed E-state index contributed by atoms with van der Waals surface area (Å²) in [7, 11) is 0. The SMILES string of the molecule is CC[C@@H](C)[C@@H]1C(=O)NC(C2Cc3ccccc3C2)C(=O)N1C(C(=O)NC(C)(C)C)c1ccc2nc[nH]c2c1.O=C(O)C(F)(F)F. The fourth-order valence-corrected chi connectivity index (χ4v) is 5.92. The number of amides is 3. The molecule has 2 unspecified atom stereocenters. The van der Waals surface area contributed by atoms with Crippen LogP contribution in [0.15, 0.2) is 48.8 Å². The summed E-state index contributed by atoms with van der Waals surface area (Å²) in [5.74, 6) is -3.66. The minimum atomic E-state index is -5.08. The van der Waals surface area contributed by atoms with Crippen molar-refractivity contribution in [2.75, 3.05) is 0 Å². The lowest BCUT2D eigenvalue weighted by molar-refractivity contribution is -0.192. The van der Waals surface area contributed by atoms with E-state index >= 15 is 0 Å². The van der Waals surface area contributed by atoms with E-state index in [0.29, 0.717) is 24.8 Å². The largest absolute Gasteiger partial charge is 0.490 e. The Labute approximate surface area is 258 Å². The predicted molar refractivity (Wildman–Crippen MR) is 160 cm³/mol. The van der Waals surface area contributed by atoms with Gasteiger partial charge in [0.1, 0.15) is 18.1 Å². The maximum absolute atomic E-state index is 14.4. The Morgan fingerprint density at radius 2 is 1.69 bits per heavy atom. The molecule has 1 aromatic heterocycles. The van der Waals surface area contributed by atoms with Crippen LogP contribution < -0.4 is 10.6 Å². The van der Waals surface area contributed by atoms with Gasteiger partial charge in [-0.1, -0.05) is 50.6 Å². The fraction of sp³-hybridized carbons (Fsp3) is 0.469. The van der Waals surface area contributed by atoms with E-state index in [1.54, 1.807) is 11.2 Å². The van der Waals surface area contributed by atoms with E-state index in [4.69, 9.17) is 9.90 Å². The first kappa shape index (κ1) is 33.5. The highest BCUT2D eigenvalue weighted by atomic mass is 19.4. The molecule has 0 bridgehead atoms. The van der Waals surface area contributed by atoms with E-state index in [1.807, 2.05) is 65.0 Å². The second-order valence-corrected chi connectivity index (χ2v) is 12.6. The fourth-order valence-electron chi connectivity index (χ4n) is 5.92. The standard InChI is InChI=1S/C30H37N5O3.C2HF3O2/c1-6-17(2)25-27(36)33-24(21-13-18-9-7-8-10-19(18)14-21)29(38)35(25)26(28(37)34-30(3,4)5)20-11-12-22-23(15-20)32-16-31-22;3-2(4,5)1(6)7/h7-12,15-17,21,24-26H,6,13-14H2,1-5H3,(H,31,32)(H,33,36)(H,34,37);(H,6,7)/t17-,24?,25-,26?;/m1./s1. The number of nitrogens with zero attached hydrogens (tertiary/aromatic N) is 2. The number of nitrogens with one attached hydrogen (secondary N) is 3. The lowest BCUT2D eigenvalue weighted by Crippen LogP contribution is -2.68. The molecule has 3 aromatic rings. The zero-order valence-corrected chi connectivity index (χ0v) is 25.7. The quantitative estimate of drug-likeness (QED) is 0.320. The maximum Gasteiger partial charge on any atom is 0.490 e. The number of aromatic amines is 1. The Balaban J connectivity index is 0.000000591. The third-order valence-corrected chi connectivity index (χ3v) is 8.15. The molecule has 13 heteroatoms. The molecule has 3 amide bonds. The van der Waals surface area contributed by atoms with Gasteiger partial charge in [-0.3, -0.25) is 14.4 Å². The third kappa shape index (κ3) is 7.46. The molecule has 2 heterocycles. The van der Waals surface area contributed by atoms with Gasteiger partial charge in [0.25, 0.3) is 0 Å². The topological polar surface area (TPSA) is 144 Å². The molecule has 45 heavy (non-hydrogen) atoms. The van der Waals surface area contributed by atoms with Gasteiger partial charge in [0.05, 0.1) is 17.4 Å². The zero-order chi connectivity index (χ0) is 33.3. The predicted octanol–water partition coefficient (Wildman–Crippen LogP) is 4.31. The third-order valence-electron chi connectivity index (χ3n) is 8.15. The molecule has 0 spiro atoms. The highest BCUT2D eigenvalue weighted by molar-refractivity contribution is 6.01. The molecule has 0 saturated carbocycles. The van der Waals surface area contributed by atoms with Gasteiger partial charge in [0, 0.05) is 5.54 Å². The number of rotatable bonds is 6. The molecule has 2 aliphatic rings. The van der Waals surface area contributed by atoms with Crippen molar-refractivity contribution in [2.45, 2.75) is 83.7 Å². The average Bonchev–Trinajstić information content (AvgIpc) is 3.60. The van der Waals surface area contributed by atoms with Crippen molar-refractivity contribution < 1.29 is 37.5 Å². The summed E-state index contributed by atoms with van der Waals surface area (Å²) in [5.41, 5.74) is 4.09. The number of aromatic nitrogens is 2. The number of carboxylic acid groups (broad SMARTS) is 1. The Kier molecular flexibility index (Phi) is 9.59. The number of alkyl halides is 3. The number of carbonyl (C=O) groups is 4. The summed E-state index contributed by atoms with van der Waals surface area (Å²) in [5, 5.41) is 13.3. The van der Waals surface area contributed by atoms with E-state index in [2.05, 4.69) is 32.7 Å². The molecule has 1 saturated heterocycles. The number of imidazole rings is 1. The van der Waals surface area contributed by atoms with Gasteiger partial charge in [-0.25, -0.2) is 9.78 Å². The van der Waals surface area contributed by atoms with Crippen LogP contribution in [0.25, 0.3) is 11.0 Å². The van der Waals surface area contributed by atoms with Crippen LogP contribution in [-0.4, -0.2) is 67.5 Å². The van der Waals surface area contributed by atoms with Crippen LogP contribution in [0.3, 0.4) is 0 Å². The summed E-state index contributed by atoms with van der Waals surface area (Å²) in [6.45, 7) is 9.70. The highest BCUT2D eigenvalue weighted by Gasteiger charge is 2.51. The molecule has 5 rings (SSSR count).